The zero-order chi connectivity index (χ0) is 10.9. The van der Waals surface area contributed by atoms with Crippen molar-refractivity contribution in [1.29, 1.82) is 0 Å². The van der Waals surface area contributed by atoms with E-state index in [-0.39, 0.29) is 24.2 Å². The third-order valence-electron chi connectivity index (χ3n) is 2.34. The summed E-state index contributed by atoms with van der Waals surface area (Å²) in [7, 11) is 0. The van der Waals surface area contributed by atoms with Crippen molar-refractivity contribution in [2.24, 2.45) is 0 Å². The minimum atomic E-state index is -4.61. The Balaban J connectivity index is 0.00000128. The van der Waals surface area contributed by atoms with Crippen LogP contribution in [-0.2, 0) is 0 Å². The molecule has 90 valence electrons. The van der Waals surface area contributed by atoms with Crippen LogP contribution >= 0.6 is 12.4 Å². The molecule has 16 heavy (non-hydrogen) atoms. The van der Waals surface area contributed by atoms with Crippen molar-refractivity contribution >= 4 is 12.4 Å². The van der Waals surface area contributed by atoms with Crippen molar-refractivity contribution in [2.75, 3.05) is 6.54 Å². The molecule has 1 saturated heterocycles. The highest BCUT2D eigenvalue weighted by atomic mass is 35.5. The maximum absolute atomic E-state index is 11.8. The van der Waals surface area contributed by atoms with Crippen LogP contribution in [0.25, 0.3) is 0 Å². The molecule has 1 aromatic rings. The molecule has 0 amide bonds. The van der Waals surface area contributed by atoms with Crippen molar-refractivity contribution in [3.63, 3.8) is 0 Å². The molecule has 0 bridgehead atoms. The molecule has 1 aliphatic heterocycles. The lowest BCUT2D eigenvalue weighted by Gasteiger charge is -2.28. The molecule has 2 nitrogen and oxygen atoms in total. The lowest BCUT2D eigenvalue weighted by atomic mass is 9.98. The number of rotatable bonds is 2. The van der Waals surface area contributed by atoms with Gasteiger partial charge in [-0.2, -0.15) is 0 Å². The Hall–Kier alpha value is -0.940. The molecule has 1 unspecified atom stereocenters. The summed E-state index contributed by atoms with van der Waals surface area (Å²) in [6, 6.07) is 6.26. The highest BCUT2D eigenvalue weighted by Crippen LogP contribution is 2.27. The van der Waals surface area contributed by atoms with Crippen LogP contribution in [0.15, 0.2) is 24.3 Å². The lowest BCUT2D eigenvalue weighted by molar-refractivity contribution is -0.274. The molecule has 1 N–H and O–H groups in total. The van der Waals surface area contributed by atoms with Gasteiger partial charge < -0.3 is 10.1 Å². The van der Waals surface area contributed by atoms with E-state index in [4.69, 9.17) is 0 Å². The van der Waals surface area contributed by atoms with Gasteiger partial charge in [-0.1, -0.05) is 12.1 Å². The summed E-state index contributed by atoms with van der Waals surface area (Å²) < 4.78 is 39.3. The number of alkyl halides is 3. The summed E-state index contributed by atoms with van der Waals surface area (Å²) in [5.74, 6) is -0.175. The Morgan fingerprint density at radius 1 is 1.19 bits per heavy atom. The third kappa shape index (κ3) is 3.28. The number of hydrogen-bond donors (Lipinski definition) is 1. The van der Waals surface area contributed by atoms with Crippen molar-refractivity contribution in [2.45, 2.75) is 18.8 Å². The lowest BCUT2D eigenvalue weighted by Crippen LogP contribution is -2.34. The molecule has 1 aromatic carbocycles. The normalized spacial score (nSPS) is 19.6. The minimum absolute atomic E-state index is 0. The molecule has 1 heterocycles. The van der Waals surface area contributed by atoms with E-state index in [1.807, 2.05) is 0 Å². The highest BCUT2D eigenvalue weighted by Gasteiger charge is 2.31. The van der Waals surface area contributed by atoms with E-state index >= 15 is 0 Å². The van der Waals surface area contributed by atoms with E-state index < -0.39 is 6.36 Å². The molecule has 0 aliphatic carbocycles. The van der Waals surface area contributed by atoms with Gasteiger partial charge in [0.25, 0.3) is 0 Å². The van der Waals surface area contributed by atoms with Crippen LogP contribution in [0, 0.1) is 0 Å². The molecule has 1 atom stereocenters. The molecule has 1 aliphatic rings. The van der Waals surface area contributed by atoms with Crippen molar-refractivity contribution in [3.05, 3.63) is 29.8 Å². The van der Waals surface area contributed by atoms with E-state index in [0.717, 1.165) is 18.5 Å². The van der Waals surface area contributed by atoms with Gasteiger partial charge in [-0.15, -0.1) is 25.6 Å². The SMILES string of the molecule is Cl.FC(F)(F)Oc1ccc(C2CCN2)cc1. The first-order chi connectivity index (χ1) is 7.04. The van der Waals surface area contributed by atoms with E-state index in [9.17, 15) is 13.2 Å². The Morgan fingerprint density at radius 3 is 2.12 bits per heavy atom. The van der Waals surface area contributed by atoms with E-state index in [2.05, 4.69) is 10.1 Å². The number of ether oxygens (including phenoxy) is 1. The quantitative estimate of drug-likeness (QED) is 0.875. The summed E-state index contributed by atoms with van der Waals surface area (Å²) in [5.41, 5.74) is 0.996. The fraction of sp³-hybridized carbons (Fsp3) is 0.400. The topological polar surface area (TPSA) is 21.3 Å². The minimum Gasteiger partial charge on any atom is -0.406 e. The molecule has 0 spiro atoms. The molecular formula is C10H11ClF3NO. The van der Waals surface area contributed by atoms with Gasteiger partial charge in [0.15, 0.2) is 0 Å². The maximum atomic E-state index is 11.8. The number of hydrogen-bond acceptors (Lipinski definition) is 2. The average Bonchev–Trinajstić information content (AvgIpc) is 2.02. The zero-order valence-corrected chi connectivity index (χ0v) is 9.07. The maximum Gasteiger partial charge on any atom is 0.573 e. The molecule has 0 radical (unpaired) electrons. The average molecular weight is 254 g/mol. The van der Waals surface area contributed by atoms with Crippen molar-refractivity contribution < 1.29 is 17.9 Å². The molecular weight excluding hydrogens is 243 g/mol. The molecule has 2 rings (SSSR count). The summed E-state index contributed by atoms with van der Waals surface area (Å²) in [6.07, 6.45) is -3.59. The Morgan fingerprint density at radius 2 is 1.75 bits per heavy atom. The Bertz CT molecular complexity index is 335. The fourth-order valence-electron chi connectivity index (χ4n) is 1.48. The Labute approximate surface area is 97.2 Å². The Kier molecular flexibility index (Phi) is 4.04. The van der Waals surface area contributed by atoms with Gasteiger partial charge in [-0.05, 0) is 30.7 Å². The second-order valence-corrected chi connectivity index (χ2v) is 3.41. The first-order valence-electron chi connectivity index (χ1n) is 4.64. The highest BCUT2D eigenvalue weighted by molar-refractivity contribution is 5.85. The smallest absolute Gasteiger partial charge is 0.406 e. The van der Waals surface area contributed by atoms with E-state index in [1.165, 1.54) is 12.1 Å². The van der Waals surface area contributed by atoms with Gasteiger partial charge in [0, 0.05) is 6.04 Å². The third-order valence-corrected chi connectivity index (χ3v) is 2.34. The summed E-state index contributed by atoms with van der Waals surface area (Å²) in [6.45, 7) is 0.964. The van der Waals surface area contributed by atoms with Crippen LogP contribution in [0.4, 0.5) is 13.2 Å². The summed E-state index contributed by atoms with van der Waals surface area (Å²) in [5, 5.41) is 3.17. The molecule has 0 aromatic heterocycles. The van der Waals surface area contributed by atoms with Gasteiger partial charge in [0.2, 0.25) is 0 Å². The molecule has 1 fully saturated rings. The predicted molar refractivity (Wildman–Crippen MR) is 55.7 cm³/mol. The fourth-order valence-corrected chi connectivity index (χ4v) is 1.48. The van der Waals surface area contributed by atoms with Gasteiger partial charge in [0.05, 0.1) is 0 Å². The predicted octanol–water partition coefficient (Wildman–Crippen LogP) is 3.04. The van der Waals surface area contributed by atoms with Crippen LogP contribution in [0.1, 0.15) is 18.0 Å². The van der Waals surface area contributed by atoms with Gasteiger partial charge >= 0.3 is 6.36 Å². The summed E-state index contributed by atoms with van der Waals surface area (Å²) >= 11 is 0. The second kappa shape index (κ2) is 4.93. The largest absolute Gasteiger partial charge is 0.573 e. The van der Waals surface area contributed by atoms with Crippen LogP contribution in [-0.4, -0.2) is 12.9 Å². The molecule has 0 saturated carbocycles. The van der Waals surface area contributed by atoms with Crippen LogP contribution in [0.3, 0.4) is 0 Å². The first-order valence-corrected chi connectivity index (χ1v) is 4.64. The number of benzene rings is 1. The van der Waals surface area contributed by atoms with Crippen LogP contribution < -0.4 is 10.1 Å². The van der Waals surface area contributed by atoms with E-state index in [1.54, 1.807) is 12.1 Å². The summed E-state index contributed by atoms with van der Waals surface area (Å²) in [4.78, 5) is 0. The van der Waals surface area contributed by atoms with Gasteiger partial charge in [0.1, 0.15) is 5.75 Å². The van der Waals surface area contributed by atoms with Crippen molar-refractivity contribution in [1.82, 2.24) is 5.32 Å². The van der Waals surface area contributed by atoms with Crippen molar-refractivity contribution in [3.8, 4) is 5.75 Å². The standard InChI is InChI=1S/C10H10F3NO.ClH/c11-10(12,13)15-8-3-1-7(2-4-8)9-5-6-14-9;/h1-4,9,14H,5-6H2;1H. The van der Waals surface area contributed by atoms with Gasteiger partial charge in [-0.3, -0.25) is 0 Å². The first kappa shape index (κ1) is 13.1. The number of halogens is 4. The monoisotopic (exact) mass is 253 g/mol. The van der Waals surface area contributed by atoms with Crippen LogP contribution in [0.5, 0.6) is 5.75 Å². The van der Waals surface area contributed by atoms with Gasteiger partial charge in [-0.25, -0.2) is 0 Å². The second-order valence-electron chi connectivity index (χ2n) is 3.41. The van der Waals surface area contributed by atoms with E-state index in [0.29, 0.717) is 0 Å². The zero-order valence-electron chi connectivity index (χ0n) is 8.25. The molecule has 6 heteroatoms. The number of nitrogens with one attached hydrogen (secondary N) is 1. The van der Waals surface area contributed by atoms with Crippen LogP contribution in [0.2, 0.25) is 0 Å².